The van der Waals surface area contributed by atoms with Crippen molar-refractivity contribution >= 4 is 17.9 Å². The van der Waals surface area contributed by atoms with Crippen LogP contribution in [0.1, 0.15) is 35.5 Å². The van der Waals surface area contributed by atoms with E-state index in [4.69, 9.17) is 14.6 Å². The van der Waals surface area contributed by atoms with Crippen molar-refractivity contribution in [2.24, 2.45) is 0 Å². The summed E-state index contributed by atoms with van der Waals surface area (Å²) in [4.78, 5) is 36.8. The molecule has 0 aliphatic rings. The number of nitrogens with zero attached hydrogens (tertiary/aromatic N) is 1. The summed E-state index contributed by atoms with van der Waals surface area (Å²) >= 11 is 0. The summed E-state index contributed by atoms with van der Waals surface area (Å²) in [5, 5.41) is 9.06. The minimum Gasteiger partial charge on any atom is -0.478 e. The lowest BCUT2D eigenvalue weighted by Crippen LogP contribution is -2.13. The number of esters is 2. The molecule has 102 valence electrons. The molecule has 0 unspecified atom stereocenters. The normalized spacial score (nSPS) is 9.84. The van der Waals surface area contributed by atoms with Gasteiger partial charge in [0.15, 0.2) is 5.75 Å². The summed E-state index contributed by atoms with van der Waals surface area (Å²) in [6, 6.07) is 0. The van der Waals surface area contributed by atoms with E-state index in [1.807, 2.05) is 0 Å². The first-order chi connectivity index (χ1) is 8.82. The van der Waals surface area contributed by atoms with Crippen LogP contribution in [0.5, 0.6) is 5.75 Å². The molecule has 0 atom stereocenters. The van der Waals surface area contributed by atoms with E-state index < -0.39 is 17.9 Å². The fraction of sp³-hybridized carbons (Fsp3) is 0.333. The number of pyridine rings is 1. The quantitative estimate of drug-likeness (QED) is 0.814. The smallest absolute Gasteiger partial charge is 0.337 e. The van der Waals surface area contributed by atoms with E-state index in [1.54, 1.807) is 6.92 Å². The zero-order valence-corrected chi connectivity index (χ0v) is 10.7. The first-order valence-electron chi connectivity index (χ1n) is 5.36. The van der Waals surface area contributed by atoms with Crippen LogP contribution in [0.15, 0.2) is 6.20 Å². The number of aromatic carboxylic acids is 1. The summed E-state index contributed by atoms with van der Waals surface area (Å²) in [6.45, 7) is 3.63. The lowest BCUT2D eigenvalue weighted by molar-refractivity contribution is -0.142. The van der Waals surface area contributed by atoms with Crippen LogP contribution < -0.4 is 4.74 Å². The Labute approximate surface area is 109 Å². The topological polar surface area (TPSA) is 103 Å². The highest BCUT2D eigenvalue weighted by atomic mass is 16.5. The number of aromatic nitrogens is 1. The monoisotopic (exact) mass is 267 g/mol. The maximum atomic E-state index is 11.1. The molecule has 0 fully saturated rings. The van der Waals surface area contributed by atoms with E-state index in [2.05, 4.69) is 4.98 Å². The van der Waals surface area contributed by atoms with Crippen LogP contribution in [0.3, 0.4) is 0 Å². The summed E-state index contributed by atoms with van der Waals surface area (Å²) in [6.07, 6.45) is 1.13. The summed E-state index contributed by atoms with van der Waals surface area (Å²) < 4.78 is 9.72. The van der Waals surface area contributed by atoms with Crippen LogP contribution in [0.4, 0.5) is 0 Å². The SMILES string of the molecule is CC(=O)OCc1c(C(=O)O)cnc(C)c1OC(C)=O. The number of hydrogen-bond donors (Lipinski definition) is 1. The molecule has 0 aliphatic carbocycles. The molecule has 1 aromatic heterocycles. The van der Waals surface area contributed by atoms with Gasteiger partial charge in [0.2, 0.25) is 0 Å². The molecule has 19 heavy (non-hydrogen) atoms. The van der Waals surface area contributed by atoms with E-state index in [0.717, 1.165) is 6.20 Å². The molecule has 1 N–H and O–H groups in total. The van der Waals surface area contributed by atoms with Crippen LogP contribution in [0.25, 0.3) is 0 Å². The Morgan fingerprint density at radius 1 is 1.26 bits per heavy atom. The Bertz CT molecular complexity index is 537. The lowest BCUT2D eigenvalue weighted by atomic mass is 10.1. The van der Waals surface area contributed by atoms with Gasteiger partial charge in [0.05, 0.1) is 16.8 Å². The zero-order valence-electron chi connectivity index (χ0n) is 10.7. The second-order valence-electron chi connectivity index (χ2n) is 3.74. The van der Waals surface area contributed by atoms with Crippen molar-refractivity contribution in [1.82, 2.24) is 4.98 Å². The number of aryl methyl sites for hydroxylation is 1. The first kappa shape index (κ1) is 14.6. The van der Waals surface area contributed by atoms with Gasteiger partial charge < -0.3 is 14.6 Å². The molecule has 0 aliphatic heterocycles. The first-order valence-corrected chi connectivity index (χ1v) is 5.36. The van der Waals surface area contributed by atoms with Gasteiger partial charge in [-0.1, -0.05) is 0 Å². The summed E-state index contributed by atoms with van der Waals surface area (Å²) in [7, 11) is 0. The Morgan fingerprint density at radius 3 is 2.37 bits per heavy atom. The fourth-order valence-electron chi connectivity index (χ4n) is 1.42. The third kappa shape index (κ3) is 3.77. The minimum absolute atomic E-state index is 0.00801. The molecule has 0 amide bonds. The molecule has 1 heterocycles. The number of hydrogen-bond acceptors (Lipinski definition) is 6. The van der Waals surface area contributed by atoms with Gasteiger partial charge >= 0.3 is 17.9 Å². The number of carboxylic acid groups (broad SMARTS) is 1. The Hall–Kier alpha value is -2.44. The Morgan fingerprint density at radius 2 is 1.89 bits per heavy atom. The average molecular weight is 267 g/mol. The van der Waals surface area contributed by atoms with Gasteiger partial charge in [-0.2, -0.15) is 0 Å². The number of carbonyl (C=O) groups is 3. The van der Waals surface area contributed by atoms with Crippen molar-refractivity contribution < 1.29 is 29.0 Å². The second kappa shape index (κ2) is 5.94. The number of ether oxygens (including phenoxy) is 2. The van der Waals surface area contributed by atoms with Gasteiger partial charge in [-0.3, -0.25) is 14.6 Å². The Balaban J connectivity index is 3.31. The van der Waals surface area contributed by atoms with Crippen LogP contribution in [0, 0.1) is 6.92 Å². The molecule has 0 saturated heterocycles. The molecule has 7 nitrogen and oxygen atoms in total. The van der Waals surface area contributed by atoms with Gasteiger partial charge in [0.25, 0.3) is 0 Å². The van der Waals surface area contributed by atoms with Crippen LogP contribution in [0.2, 0.25) is 0 Å². The largest absolute Gasteiger partial charge is 0.478 e. The third-order valence-corrected chi connectivity index (χ3v) is 2.21. The highest BCUT2D eigenvalue weighted by Crippen LogP contribution is 2.26. The number of rotatable bonds is 4. The third-order valence-electron chi connectivity index (χ3n) is 2.21. The molecule has 7 heteroatoms. The Kier molecular flexibility index (Phi) is 4.57. The van der Waals surface area contributed by atoms with Crippen LogP contribution in [-0.4, -0.2) is 28.0 Å². The standard InChI is InChI=1S/C12H13NO6/c1-6-11(19-8(3)15)10(5-18-7(2)14)9(4-13-6)12(16)17/h4H,5H2,1-3H3,(H,16,17). The van der Waals surface area contributed by atoms with Crippen LogP contribution in [-0.2, 0) is 20.9 Å². The average Bonchev–Trinajstić information content (AvgIpc) is 2.28. The van der Waals surface area contributed by atoms with Gasteiger partial charge in [-0.05, 0) is 6.92 Å². The van der Waals surface area contributed by atoms with Crippen LogP contribution >= 0.6 is 0 Å². The molecule has 0 saturated carbocycles. The van der Waals surface area contributed by atoms with E-state index >= 15 is 0 Å². The molecule has 0 spiro atoms. The highest BCUT2D eigenvalue weighted by Gasteiger charge is 2.20. The maximum Gasteiger partial charge on any atom is 0.337 e. The molecule has 1 rings (SSSR count). The summed E-state index contributed by atoms with van der Waals surface area (Å²) in [5.74, 6) is -2.42. The minimum atomic E-state index is -1.25. The van der Waals surface area contributed by atoms with Crippen molar-refractivity contribution in [2.75, 3.05) is 0 Å². The molecule has 1 aromatic rings. The van der Waals surface area contributed by atoms with E-state index in [9.17, 15) is 14.4 Å². The summed E-state index contributed by atoms with van der Waals surface area (Å²) in [5.41, 5.74) is 0.260. The zero-order chi connectivity index (χ0) is 14.6. The van der Waals surface area contributed by atoms with Crippen molar-refractivity contribution in [1.29, 1.82) is 0 Å². The van der Waals surface area contributed by atoms with Gasteiger partial charge in [0.1, 0.15) is 6.61 Å². The molecule has 0 radical (unpaired) electrons. The molecular formula is C12H13NO6. The van der Waals surface area contributed by atoms with Gasteiger partial charge in [-0.15, -0.1) is 0 Å². The van der Waals surface area contributed by atoms with Gasteiger partial charge in [0, 0.05) is 20.0 Å². The van der Waals surface area contributed by atoms with E-state index in [0.29, 0.717) is 5.69 Å². The van der Waals surface area contributed by atoms with Crippen molar-refractivity contribution in [2.45, 2.75) is 27.4 Å². The van der Waals surface area contributed by atoms with Crippen molar-refractivity contribution in [3.05, 3.63) is 23.0 Å². The number of carbonyl (C=O) groups excluding carboxylic acids is 2. The van der Waals surface area contributed by atoms with Crippen molar-refractivity contribution in [3.8, 4) is 5.75 Å². The second-order valence-corrected chi connectivity index (χ2v) is 3.74. The fourth-order valence-corrected chi connectivity index (χ4v) is 1.42. The van der Waals surface area contributed by atoms with Crippen molar-refractivity contribution in [3.63, 3.8) is 0 Å². The number of carboxylic acids is 1. The lowest BCUT2D eigenvalue weighted by Gasteiger charge is -2.13. The van der Waals surface area contributed by atoms with E-state index in [1.165, 1.54) is 13.8 Å². The van der Waals surface area contributed by atoms with Gasteiger partial charge in [-0.25, -0.2) is 4.79 Å². The van der Waals surface area contributed by atoms with E-state index in [-0.39, 0.29) is 23.5 Å². The molecule has 0 aromatic carbocycles. The molecule has 0 bridgehead atoms. The predicted molar refractivity (Wildman–Crippen MR) is 62.7 cm³/mol. The highest BCUT2D eigenvalue weighted by molar-refractivity contribution is 5.90. The maximum absolute atomic E-state index is 11.1. The predicted octanol–water partition coefficient (Wildman–Crippen LogP) is 1.08. The molecular weight excluding hydrogens is 254 g/mol.